The van der Waals surface area contributed by atoms with Crippen LogP contribution in [0.4, 0.5) is 0 Å². The second-order valence-electron chi connectivity index (χ2n) is 3.56. The van der Waals surface area contributed by atoms with Crippen molar-refractivity contribution >= 4 is 0 Å². The molecule has 1 aromatic rings. The molecule has 1 rings (SSSR count). The van der Waals surface area contributed by atoms with Crippen molar-refractivity contribution in [3.05, 3.63) is 35.9 Å². The number of aliphatic hydroxyl groups excluding tert-OH is 1. The predicted octanol–water partition coefficient (Wildman–Crippen LogP) is 1.95. The number of aliphatic hydroxyl groups is 1. The van der Waals surface area contributed by atoms with Crippen molar-refractivity contribution in [2.45, 2.75) is 32.7 Å². The third-order valence-corrected chi connectivity index (χ3v) is 2.21. The molecule has 3 nitrogen and oxygen atoms in total. The van der Waals surface area contributed by atoms with E-state index in [1.54, 1.807) is 6.92 Å². The summed E-state index contributed by atoms with van der Waals surface area (Å²) in [7, 11) is 0. The van der Waals surface area contributed by atoms with Crippen LogP contribution in [0.5, 0.6) is 0 Å². The average molecular weight is 210 g/mol. The quantitative estimate of drug-likeness (QED) is 0.576. The van der Waals surface area contributed by atoms with Crippen LogP contribution in [-0.2, 0) is 16.1 Å². The Balaban J connectivity index is 2.12. The summed E-state index contributed by atoms with van der Waals surface area (Å²) in [5, 5.41) is 9.16. The standard InChI is InChI=1S/C12H18O3/c1-10(13)11(2)15-9-14-8-12-6-4-3-5-7-12/h3-7,10-11,13H,8-9H2,1-2H3/t10-,11+/m1/s1. The van der Waals surface area contributed by atoms with Gasteiger partial charge in [-0.1, -0.05) is 30.3 Å². The van der Waals surface area contributed by atoms with Gasteiger partial charge in [-0.15, -0.1) is 0 Å². The molecule has 0 aliphatic rings. The molecule has 1 aromatic carbocycles. The molecule has 15 heavy (non-hydrogen) atoms. The highest BCUT2D eigenvalue weighted by Crippen LogP contribution is 2.02. The Morgan fingerprint density at radius 3 is 2.47 bits per heavy atom. The fraction of sp³-hybridized carbons (Fsp3) is 0.500. The summed E-state index contributed by atoms with van der Waals surface area (Å²) < 4.78 is 10.6. The molecule has 0 unspecified atom stereocenters. The molecule has 1 N–H and O–H groups in total. The molecule has 2 atom stereocenters. The van der Waals surface area contributed by atoms with Crippen molar-refractivity contribution in [2.24, 2.45) is 0 Å². The molecule has 0 saturated heterocycles. The first-order valence-corrected chi connectivity index (χ1v) is 5.11. The van der Waals surface area contributed by atoms with Gasteiger partial charge in [0.2, 0.25) is 0 Å². The van der Waals surface area contributed by atoms with Gasteiger partial charge >= 0.3 is 0 Å². The number of hydrogen-bond acceptors (Lipinski definition) is 3. The van der Waals surface area contributed by atoms with Gasteiger partial charge in [0.15, 0.2) is 0 Å². The zero-order valence-corrected chi connectivity index (χ0v) is 9.22. The lowest BCUT2D eigenvalue weighted by molar-refractivity contribution is -0.119. The van der Waals surface area contributed by atoms with Crippen LogP contribution in [0.2, 0.25) is 0 Å². The Kier molecular flexibility index (Phi) is 5.32. The lowest BCUT2D eigenvalue weighted by atomic mass is 10.2. The molecule has 0 amide bonds. The summed E-state index contributed by atoms with van der Waals surface area (Å²) in [4.78, 5) is 0. The monoisotopic (exact) mass is 210 g/mol. The first-order valence-electron chi connectivity index (χ1n) is 5.11. The lowest BCUT2D eigenvalue weighted by Gasteiger charge is -2.15. The van der Waals surface area contributed by atoms with Gasteiger partial charge in [-0.3, -0.25) is 0 Å². The van der Waals surface area contributed by atoms with E-state index in [0.29, 0.717) is 6.61 Å². The predicted molar refractivity (Wildman–Crippen MR) is 58.3 cm³/mol. The summed E-state index contributed by atoms with van der Waals surface area (Å²) in [5.74, 6) is 0. The molecule has 3 heteroatoms. The van der Waals surface area contributed by atoms with Gasteiger partial charge in [0.1, 0.15) is 6.79 Å². The molecule has 84 valence electrons. The molecule has 0 aliphatic heterocycles. The van der Waals surface area contributed by atoms with Gasteiger partial charge in [-0.05, 0) is 19.4 Å². The Labute approximate surface area is 90.6 Å². The minimum Gasteiger partial charge on any atom is -0.391 e. The van der Waals surface area contributed by atoms with Gasteiger partial charge < -0.3 is 14.6 Å². The number of benzene rings is 1. The molecule has 0 aliphatic carbocycles. The molecular weight excluding hydrogens is 192 g/mol. The van der Waals surface area contributed by atoms with E-state index in [2.05, 4.69) is 0 Å². The van der Waals surface area contributed by atoms with Crippen LogP contribution in [0.15, 0.2) is 30.3 Å². The summed E-state index contributed by atoms with van der Waals surface area (Å²) in [6, 6.07) is 9.90. The van der Waals surface area contributed by atoms with Crippen molar-refractivity contribution in [2.75, 3.05) is 6.79 Å². The van der Waals surface area contributed by atoms with Crippen LogP contribution in [-0.4, -0.2) is 24.1 Å². The summed E-state index contributed by atoms with van der Waals surface area (Å²) in [5.41, 5.74) is 1.12. The molecule has 0 spiro atoms. The van der Waals surface area contributed by atoms with E-state index in [-0.39, 0.29) is 12.9 Å². The van der Waals surface area contributed by atoms with Crippen molar-refractivity contribution in [3.63, 3.8) is 0 Å². The van der Waals surface area contributed by atoms with E-state index in [4.69, 9.17) is 14.6 Å². The maximum absolute atomic E-state index is 9.16. The van der Waals surface area contributed by atoms with E-state index < -0.39 is 6.10 Å². The largest absolute Gasteiger partial charge is 0.391 e. The molecule has 0 aromatic heterocycles. The van der Waals surface area contributed by atoms with E-state index in [1.807, 2.05) is 37.3 Å². The molecule has 0 heterocycles. The van der Waals surface area contributed by atoms with Gasteiger partial charge in [0, 0.05) is 0 Å². The van der Waals surface area contributed by atoms with E-state index >= 15 is 0 Å². The fourth-order valence-electron chi connectivity index (χ4n) is 1.03. The van der Waals surface area contributed by atoms with Crippen LogP contribution in [0.3, 0.4) is 0 Å². The molecular formula is C12H18O3. The van der Waals surface area contributed by atoms with Crippen molar-refractivity contribution < 1.29 is 14.6 Å². The zero-order valence-electron chi connectivity index (χ0n) is 9.22. The topological polar surface area (TPSA) is 38.7 Å². The highest BCUT2D eigenvalue weighted by Gasteiger charge is 2.07. The van der Waals surface area contributed by atoms with E-state index in [1.165, 1.54) is 0 Å². The number of hydrogen-bond donors (Lipinski definition) is 1. The maximum atomic E-state index is 9.16. The first-order chi connectivity index (χ1) is 7.20. The number of rotatable bonds is 6. The lowest BCUT2D eigenvalue weighted by Crippen LogP contribution is -2.23. The van der Waals surface area contributed by atoms with Crippen LogP contribution in [0, 0.1) is 0 Å². The summed E-state index contributed by atoms with van der Waals surface area (Å²) in [6.45, 7) is 4.26. The smallest absolute Gasteiger partial charge is 0.147 e. The molecule has 0 radical (unpaired) electrons. The Hall–Kier alpha value is -0.900. The van der Waals surface area contributed by atoms with E-state index in [0.717, 1.165) is 5.56 Å². The van der Waals surface area contributed by atoms with Crippen LogP contribution < -0.4 is 0 Å². The third kappa shape index (κ3) is 4.93. The van der Waals surface area contributed by atoms with Crippen molar-refractivity contribution in [1.29, 1.82) is 0 Å². The molecule has 0 saturated carbocycles. The van der Waals surface area contributed by atoms with Crippen molar-refractivity contribution in [1.82, 2.24) is 0 Å². The summed E-state index contributed by atoms with van der Waals surface area (Å²) >= 11 is 0. The Morgan fingerprint density at radius 1 is 1.20 bits per heavy atom. The maximum Gasteiger partial charge on any atom is 0.147 e. The van der Waals surface area contributed by atoms with Crippen LogP contribution >= 0.6 is 0 Å². The van der Waals surface area contributed by atoms with Gasteiger partial charge in [0.25, 0.3) is 0 Å². The minimum atomic E-state index is -0.467. The van der Waals surface area contributed by atoms with Gasteiger partial charge in [-0.25, -0.2) is 0 Å². The SMILES string of the molecule is C[C@H](OCOCc1ccccc1)[C@@H](C)O. The fourth-order valence-corrected chi connectivity index (χ4v) is 1.03. The van der Waals surface area contributed by atoms with Gasteiger partial charge in [0.05, 0.1) is 18.8 Å². The highest BCUT2D eigenvalue weighted by molar-refractivity contribution is 5.13. The number of ether oxygens (including phenoxy) is 2. The molecule has 0 bridgehead atoms. The Bertz CT molecular complexity index is 259. The van der Waals surface area contributed by atoms with Crippen molar-refractivity contribution in [3.8, 4) is 0 Å². The van der Waals surface area contributed by atoms with Gasteiger partial charge in [-0.2, -0.15) is 0 Å². The summed E-state index contributed by atoms with van der Waals surface area (Å²) in [6.07, 6.45) is -0.661. The first kappa shape index (κ1) is 12.2. The van der Waals surface area contributed by atoms with E-state index in [9.17, 15) is 0 Å². The Morgan fingerprint density at radius 2 is 1.87 bits per heavy atom. The highest BCUT2D eigenvalue weighted by atomic mass is 16.7. The second kappa shape index (κ2) is 6.56. The average Bonchev–Trinajstić information content (AvgIpc) is 2.25. The normalized spacial score (nSPS) is 14.9. The minimum absolute atomic E-state index is 0.194. The molecule has 0 fully saturated rings. The van der Waals surface area contributed by atoms with Crippen LogP contribution in [0.1, 0.15) is 19.4 Å². The van der Waals surface area contributed by atoms with Crippen LogP contribution in [0.25, 0.3) is 0 Å². The zero-order chi connectivity index (χ0) is 11.1. The third-order valence-electron chi connectivity index (χ3n) is 2.21. The second-order valence-corrected chi connectivity index (χ2v) is 3.56.